The van der Waals surface area contributed by atoms with E-state index in [0.29, 0.717) is 29.9 Å². The van der Waals surface area contributed by atoms with Gasteiger partial charge in [-0.2, -0.15) is 0 Å². The monoisotopic (exact) mass is 545 g/mol. The SMILES string of the molecule is CCCCCCCCCCCCc1ccc(COc2c(CCC)c(C(=O)O)nc3ccc(CCCC)cc23)cc1. The molecule has 0 fully saturated rings. The van der Waals surface area contributed by atoms with Crippen molar-refractivity contribution >= 4 is 16.9 Å². The molecule has 0 saturated carbocycles. The number of rotatable bonds is 20. The minimum atomic E-state index is -0.999. The maximum Gasteiger partial charge on any atom is 0.354 e. The number of aromatic carboxylic acids is 1. The number of carboxylic acid groups (broad SMARTS) is 1. The van der Waals surface area contributed by atoms with Crippen LogP contribution in [0, 0.1) is 0 Å². The van der Waals surface area contributed by atoms with E-state index in [1.54, 1.807) is 0 Å². The lowest BCUT2D eigenvalue weighted by Crippen LogP contribution is -2.10. The molecular weight excluding hydrogens is 494 g/mol. The molecule has 3 aromatic rings. The minimum absolute atomic E-state index is 0.109. The van der Waals surface area contributed by atoms with E-state index in [4.69, 9.17) is 4.74 Å². The van der Waals surface area contributed by atoms with Gasteiger partial charge in [0.15, 0.2) is 5.69 Å². The molecule has 0 aliphatic heterocycles. The summed E-state index contributed by atoms with van der Waals surface area (Å²) < 4.78 is 6.44. The zero-order valence-electron chi connectivity index (χ0n) is 25.3. The highest BCUT2D eigenvalue weighted by molar-refractivity contribution is 5.95. The van der Waals surface area contributed by atoms with Crippen molar-refractivity contribution in [2.24, 2.45) is 0 Å². The van der Waals surface area contributed by atoms with Crippen molar-refractivity contribution in [1.82, 2.24) is 4.98 Å². The Morgan fingerprint density at radius 3 is 1.88 bits per heavy atom. The predicted octanol–water partition coefficient (Wildman–Crippen LogP) is 10.3. The fourth-order valence-corrected chi connectivity index (χ4v) is 5.45. The molecule has 1 aromatic heterocycles. The van der Waals surface area contributed by atoms with E-state index in [1.807, 2.05) is 6.07 Å². The molecule has 218 valence electrons. The third-order valence-electron chi connectivity index (χ3n) is 7.84. The van der Waals surface area contributed by atoms with Crippen LogP contribution in [0.25, 0.3) is 10.9 Å². The van der Waals surface area contributed by atoms with Gasteiger partial charge in [0.2, 0.25) is 0 Å². The third-order valence-corrected chi connectivity index (χ3v) is 7.84. The number of hydrogen-bond acceptors (Lipinski definition) is 3. The van der Waals surface area contributed by atoms with Crippen LogP contribution in [0.15, 0.2) is 42.5 Å². The predicted molar refractivity (Wildman–Crippen MR) is 168 cm³/mol. The Morgan fingerprint density at radius 1 is 0.675 bits per heavy atom. The smallest absolute Gasteiger partial charge is 0.354 e. The molecule has 1 N–H and O–H groups in total. The van der Waals surface area contributed by atoms with Gasteiger partial charge in [-0.25, -0.2) is 9.78 Å². The summed E-state index contributed by atoms with van der Waals surface area (Å²) >= 11 is 0. The number of ether oxygens (including phenoxy) is 1. The van der Waals surface area contributed by atoms with Crippen molar-refractivity contribution in [2.45, 2.75) is 130 Å². The van der Waals surface area contributed by atoms with Crippen LogP contribution in [0.1, 0.15) is 137 Å². The van der Waals surface area contributed by atoms with Crippen LogP contribution < -0.4 is 4.74 Å². The Hall–Kier alpha value is -2.88. The van der Waals surface area contributed by atoms with Crippen molar-refractivity contribution in [3.8, 4) is 5.75 Å². The number of carboxylic acids is 1. The van der Waals surface area contributed by atoms with Crippen LogP contribution in [0.3, 0.4) is 0 Å². The topological polar surface area (TPSA) is 59.4 Å². The number of carbonyl (C=O) groups is 1. The van der Waals surface area contributed by atoms with E-state index in [-0.39, 0.29) is 5.69 Å². The van der Waals surface area contributed by atoms with Crippen molar-refractivity contribution in [2.75, 3.05) is 0 Å². The lowest BCUT2D eigenvalue weighted by Gasteiger charge is -2.17. The molecule has 0 aliphatic rings. The number of benzene rings is 2. The highest BCUT2D eigenvalue weighted by Crippen LogP contribution is 2.34. The second kappa shape index (κ2) is 17.7. The van der Waals surface area contributed by atoms with Gasteiger partial charge in [0.05, 0.1) is 5.52 Å². The van der Waals surface area contributed by atoms with Crippen LogP contribution in [0.4, 0.5) is 0 Å². The van der Waals surface area contributed by atoms with Gasteiger partial charge >= 0.3 is 5.97 Å². The summed E-state index contributed by atoms with van der Waals surface area (Å²) in [4.78, 5) is 16.6. The summed E-state index contributed by atoms with van der Waals surface area (Å²) in [6.07, 6.45) is 19.4. The number of aromatic nitrogens is 1. The van der Waals surface area contributed by atoms with Gasteiger partial charge in [-0.05, 0) is 60.9 Å². The van der Waals surface area contributed by atoms with Crippen molar-refractivity contribution in [3.63, 3.8) is 0 Å². The maximum absolute atomic E-state index is 12.1. The molecule has 0 amide bonds. The van der Waals surface area contributed by atoms with Gasteiger partial charge in [0.1, 0.15) is 12.4 Å². The molecule has 0 atom stereocenters. The van der Waals surface area contributed by atoms with Gasteiger partial charge in [-0.15, -0.1) is 0 Å². The molecular formula is C36H51NO3. The van der Waals surface area contributed by atoms with E-state index in [2.05, 4.69) is 62.2 Å². The first kappa shape index (κ1) is 31.6. The molecule has 4 heteroatoms. The molecule has 2 aromatic carbocycles. The Labute approximate surface area is 242 Å². The zero-order valence-corrected chi connectivity index (χ0v) is 25.3. The molecule has 0 radical (unpaired) electrons. The summed E-state index contributed by atoms with van der Waals surface area (Å²) in [5.74, 6) is -0.321. The normalized spacial score (nSPS) is 11.3. The Morgan fingerprint density at radius 2 is 1.25 bits per heavy atom. The maximum atomic E-state index is 12.1. The molecule has 0 unspecified atom stereocenters. The molecule has 4 nitrogen and oxygen atoms in total. The summed E-state index contributed by atoms with van der Waals surface area (Å²) in [5.41, 5.74) is 5.20. The third kappa shape index (κ3) is 9.94. The second-order valence-electron chi connectivity index (χ2n) is 11.3. The van der Waals surface area contributed by atoms with E-state index >= 15 is 0 Å². The van der Waals surface area contributed by atoms with Crippen molar-refractivity contribution < 1.29 is 14.6 Å². The largest absolute Gasteiger partial charge is 0.488 e. The summed E-state index contributed by atoms with van der Waals surface area (Å²) in [6.45, 7) is 6.94. The minimum Gasteiger partial charge on any atom is -0.488 e. The zero-order chi connectivity index (χ0) is 28.6. The van der Waals surface area contributed by atoms with E-state index in [1.165, 1.54) is 75.3 Å². The number of fused-ring (bicyclic) bond motifs is 1. The Balaban J connectivity index is 1.61. The first-order valence-corrected chi connectivity index (χ1v) is 16.0. The Kier molecular flexibility index (Phi) is 14.0. The van der Waals surface area contributed by atoms with Crippen LogP contribution in [-0.2, 0) is 25.9 Å². The number of hydrogen-bond donors (Lipinski definition) is 1. The molecule has 40 heavy (non-hydrogen) atoms. The molecule has 0 saturated heterocycles. The molecule has 1 heterocycles. The molecule has 3 rings (SSSR count). The van der Waals surface area contributed by atoms with E-state index in [9.17, 15) is 9.90 Å². The fourth-order valence-electron chi connectivity index (χ4n) is 5.45. The average molecular weight is 546 g/mol. The van der Waals surface area contributed by atoms with Crippen LogP contribution in [-0.4, -0.2) is 16.1 Å². The van der Waals surface area contributed by atoms with Gasteiger partial charge in [-0.1, -0.05) is 122 Å². The standard InChI is InChI=1S/C36H51NO3/c1-4-7-9-10-11-12-13-14-15-16-19-28-20-22-30(23-21-28)27-40-35-31(17-6-3)34(36(38)39)37-33-25-24-29(18-8-5-2)26-32(33)35/h20-26H,4-19,27H2,1-3H3,(H,38,39). The molecule has 0 aliphatic carbocycles. The van der Waals surface area contributed by atoms with Crippen molar-refractivity contribution in [3.05, 3.63) is 70.4 Å². The lowest BCUT2D eigenvalue weighted by molar-refractivity contribution is 0.0689. The highest BCUT2D eigenvalue weighted by Gasteiger charge is 2.21. The first-order chi connectivity index (χ1) is 19.6. The molecule has 0 bridgehead atoms. The van der Waals surface area contributed by atoms with Gasteiger partial charge in [0, 0.05) is 10.9 Å². The Bertz CT molecular complexity index is 1170. The van der Waals surface area contributed by atoms with Crippen molar-refractivity contribution in [1.29, 1.82) is 0 Å². The lowest BCUT2D eigenvalue weighted by atomic mass is 10.00. The second-order valence-corrected chi connectivity index (χ2v) is 11.3. The van der Waals surface area contributed by atoms with Gasteiger partial charge in [0.25, 0.3) is 0 Å². The van der Waals surface area contributed by atoms with Crippen LogP contribution in [0.2, 0.25) is 0 Å². The number of pyridine rings is 1. The number of nitrogens with zero attached hydrogens (tertiary/aromatic N) is 1. The first-order valence-electron chi connectivity index (χ1n) is 16.0. The van der Waals surface area contributed by atoms with Gasteiger partial charge < -0.3 is 9.84 Å². The quantitative estimate of drug-likeness (QED) is 0.143. The van der Waals surface area contributed by atoms with Crippen LogP contribution >= 0.6 is 0 Å². The fraction of sp³-hybridized carbons (Fsp3) is 0.556. The van der Waals surface area contributed by atoms with E-state index in [0.717, 1.165) is 43.1 Å². The van der Waals surface area contributed by atoms with Gasteiger partial charge in [-0.3, -0.25) is 0 Å². The highest BCUT2D eigenvalue weighted by atomic mass is 16.5. The van der Waals surface area contributed by atoms with E-state index < -0.39 is 5.97 Å². The average Bonchev–Trinajstić information content (AvgIpc) is 2.96. The number of aryl methyl sites for hydroxylation is 2. The summed E-state index contributed by atoms with van der Waals surface area (Å²) in [7, 11) is 0. The summed E-state index contributed by atoms with van der Waals surface area (Å²) in [6, 6.07) is 14.9. The molecule has 0 spiro atoms. The number of unbranched alkanes of at least 4 members (excludes halogenated alkanes) is 10. The van der Waals surface area contributed by atoms with Crippen LogP contribution in [0.5, 0.6) is 5.75 Å². The summed E-state index contributed by atoms with van der Waals surface area (Å²) in [5, 5.41) is 10.8.